The fraction of sp³-hybridized carbons (Fsp3) is 0.750. The van der Waals surface area contributed by atoms with Gasteiger partial charge in [-0.15, -0.1) is 0 Å². The van der Waals surface area contributed by atoms with Crippen molar-refractivity contribution in [2.24, 2.45) is 0 Å². The van der Waals surface area contributed by atoms with E-state index in [1.807, 2.05) is 6.20 Å². The summed E-state index contributed by atoms with van der Waals surface area (Å²) in [5.74, 6) is 2.63. The summed E-state index contributed by atoms with van der Waals surface area (Å²) in [6.45, 7) is 5.24. The predicted octanol–water partition coefficient (Wildman–Crippen LogP) is 2.48. The first-order valence-corrected chi connectivity index (χ1v) is 5.93. The summed E-state index contributed by atoms with van der Waals surface area (Å²) >= 11 is 0. The zero-order valence-corrected chi connectivity index (χ0v) is 9.62. The van der Waals surface area contributed by atoms with Crippen molar-refractivity contribution in [3.05, 3.63) is 17.8 Å². The van der Waals surface area contributed by atoms with Crippen molar-refractivity contribution in [3.63, 3.8) is 0 Å². The van der Waals surface area contributed by atoms with Gasteiger partial charge in [-0.25, -0.2) is 4.98 Å². The minimum atomic E-state index is 0.533. The van der Waals surface area contributed by atoms with Gasteiger partial charge in [0, 0.05) is 24.9 Å². The minimum absolute atomic E-state index is 0.533. The SMILES string of the molecule is CC(C)NCCc1ncc(C2CCC2)o1. The third-order valence-electron chi connectivity index (χ3n) is 2.97. The summed E-state index contributed by atoms with van der Waals surface area (Å²) in [5.41, 5.74) is 0. The number of rotatable bonds is 5. The molecule has 3 nitrogen and oxygen atoms in total. The molecule has 3 heteroatoms. The van der Waals surface area contributed by atoms with Gasteiger partial charge in [0.2, 0.25) is 0 Å². The lowest BCUT2D eigenvalue weighted by Crippen LogP contribution is -2.24. The Labute approximate surface area is 91.3 Å². The first-order chi connectivity index (χ1) is 7.25. The lowest BCUT2D eigenvalue weighted by molar-refractivity contribution is 0.333. The van der Waals surface area contributed by atoms with Crippen LogP contribution in [0.15, 0.2) is 10.6 Å². The third-order valence-corrected chi connectivity index (χ3v) is 2.97. The summed E-state index contributed by atoms with van der Waals surface area (Å²) < 4.78 is 5.72. The van der Waals surface area contributed by atoms with Crippen LogP contribution >= 0.6 is 0 Å². The van der Waals surface area contributed by atoms with Crippen LogP contribution < -0.4 is 5.32 Å². The van der Waals surface area contributed by atoms with Crippen LogP contribution in [-0.2, 0) is 6.42 Å². The largest absolute Gasteiger partial charge is 0.445 e. The Kier molecular flexibility index (Phi) is 3.41. The maximum absolute atomic E-state index is 5.72. The molecule has 1 N–H and O–H groups in total. The fourth-order valence-corrected chi connectivity index (χ4v) is 1.79. The van der Waals surface area contributed by atoms with Gasteiger partial charge in [0.15, 0.2) is 5.89 Å². The topological polar surface area (TPSA) is 38.1 Å². The summed E-state index contributed by atoms with van der Waals surface area (Å²) in [4.78, 5) is 4.31. The number of hydrogen-bond donors (Lipinski definition) is 1. The van der Waals surface area contributed by atoms with Crippen LogP contribution in [0.3, 0.4) is 0 Å². The van der Waals surface area contributed by atoms with E-state index in [0.717, 1.165) is 24.6 Å². The van der Waals surface area contributed by atoms with Crippen LogP contribution in [0, 0.1) is 0 Å². The summed E-state index contributed by atoms with van der Waals surface area (Å²) in [6, 6.07) is 0.533. The Morgan fingerprint density at radius 3 is 2.93 bits per heavy atom. The standard InChI is InChI=1S/C12H20N2O/c1-9(2)13-7-6-12-14-8-11(15-12)10-4-3-5-10/h8-10,13H,3-7H2,1-2H3. The van der Waals surface area contributed by atoms with Crippen molar-refractivity contribution in [2.75, 3.05) is 6.54 Å². The predicted molar refractivity (Wildman–Crippen MR) is 59.9 cm³/mol. The minimum Gasteiger partial charge on any atom is -0.445 e. The third kappa shape index (κ3) is 2.81. The van der Waals surface area contributed by atoms with E-state index in [-0.39, 0.29) is 0 Å². The van der Waals surface area contributed by atoms with Crippen molar-refractivity contribution < 1.29 is 4.42 Å². The molecule has 84 valence electrons. The van der Waals surface area contributed by atoms with E-state index < -0.39 is 0 Å². The van der Waals surface area contributed by atoms with E-state index in [9.17, 15) is 0 Å². The maximum Gasteiger partial charge on any atom is 0.195 e. The van der Waals surface area contributed by atoms with E-state index in [0.29, 0.717) is 12.0 Å². The van der Waals surface area contributed by atoms with Gasteiger partial charge < -0.3 is 9.73 Å². The molecule has 1 aliphatic carbocycles. The number of nitrogens with one attached hydrogen (secondary N) is 1. The smallest absolute Gasteiger partial charge is 0.195 e. The van der Waals surface area contributed by atoms with Gasteiger partial charge in [0.05, 0.1) is 6.20 Å². The lowest BCUT2D eigenvalue weighted by Gasteiger charge is -2.22. The Hall–Kier alpha value is -0.830. The number of nitrogens with zero attached hydrogens (tertiary/aromatic N) is 1. The normalized spacial score (nSPS) is 17.0. The molecule has 1 fully saturated rings. The molecule has 0 bridgehead atoms. The molecule has 0 unspecified atom stereocenters. The van der Waals surface area contributed by atoms with Crippen molar-refractivity contribution in [3.8, 4) is 0 Å². The van der Waals surface area contributed by atoms with Crippen LogP contribution in [0.5, 0.6) is 0 Å². The molecule has 1 aliphatic rings. The molecule has 0 aliphatic heterocycles. The van der Waals surface area contributed by atoms with E-state index in [1.165, 1.54) is 19.3 Å². The van der Waals surface area contributed by atoms with Gasteiger partial charge in [0.1, 0.15) is 5.76 Å². The van der Waals surface area contributed by atoms with Gasteiger partial charge in [-0.1, -0.05) is 20.3 Å². The quantitative estimate of drug-likeness (QED) is 0.808. The lowest BCUT2D eigenvalue weighted by atomic mass is 9.84. The van der Waals surface area contributed by atoms with Crippen molar-refractivity contribution in [1.29, 1.82) is 0 Å². The number of hydrogen-bond acceptors (Lipinski definition) is 3. The van der Waals surface area contributed by atoms with E-state index in [2.05, 4.69) is 24.1 Å². The Morgan fingerprint density at radius 2 is 2.33 bits per heavy atom. The second kappa shape index (κ2) is 4.79. The van der Waals surface area contributed by atoms with E-state index in [4.69, 9.17) is 4.42 Å². The Bertz CT molecular complexity index is 302. The van der Waals surface area contributed by atoms with Gasteiger partial charge >= 0.3 is 0 Å². The van der Waals surface area contributed by atoms with Gasteiger partial charge in [-0.05, 0) is 12.8 Å². The second-order valence-electron chi connectivity index (χ2n) is 4.64. The van der Waals surface area contributed by atoms with Crippen LogP contribution in [-0.4, -0.2) is 17.6 Å². The Morgan fingerprint density at radius 1 is 1.53 bits per heavy atom. The van der Waals surface area contributed by atoms with Crippen LogP contribution in [0.25, 0.3) is 0 Å². The molecular formula is C12H20N2O. The van der Waals surface area contributed by atoms with Crippen LogP contribution in [0.1, 0.15) is 50.7 Å². The molecule has 0 radical (unpaired) electrons. The highest BCUT2D eigenvalue weighted by Gasteiger charge is 2.23. The maximum atomic E-state index is 5.72. The fourth-order valence-electron chi connectivity index (χ4n) is 1.79. The van der Waals surface area contributed by atoms with Crippen LogP contribution in [0.2, 0.25) is 0 Å². The molecule has 0 saturated heterocycles. The molecule has 1 aromatic rings. The zero-order chi connectivity index (χ0) is 10.7. The zero-order valence-electron chi connectivity index (χ0n) is 9.62. The van der Waals surface area contributed by atoms with Gasteiger partial charge in [-0.2, -0.15) is 0 Å². The highest BCUT2D eigenvalue weighted by molar-refractivity contribution is 5.05. The van der Waals surface area contributed by atoms with Crippen molar-refractivity contribution in [2.45, 2.75) is 51.5 Å². The molecule has 0 amide bonds. The highest BCUT2D eigenvalue weighted by atomic mass is 16.4. The van der Waals surface area contributed by atoms with Crippen molar-refractivity contribution in [1.82, 2.24) is 10.3 Å². The Balaban J connectivity index is 1.79. The van der Waals surface area contributed by atoms with Crippen molar-refractivity contribution >= 4 is 0 Å². The molecule has 1 aromatic heterocycles. The molecule has 1 heterocycles. The van der Waals surface area contributed by atoms with Gasteiger partial charge in [0.25, 0.3) is 0 Å². The molecule has 1 saturated carbocycles. The first kappa shape index (κ1) is 10.7. The average molecular weight is 208 g/mol. The number of oxazole rings is 1. The second-order valence-corrected chi connectivity index (χ2v) is 4.64. The molecule has 15 heavy (non-hydrogen) atoms. The van der Waals surface area contributed by atoms with Crippen LogP contribution in [0.4, 0.5) is 0 Å². The molecule has 0 aromatic carbocycles. The van der Waals surface area contributed by atoms with E-state index in [1.54, 1.807) is 0 Å². The average Bonchev–Trinajstić information content (AvgIpc) is 2.49. The molecule has 0 atom stereocenters. The summed E-state index contributed by atoms with van der Waals surface area (Å²) in [7, 11) is 0. The highest BCUT2D eigenvalue weighted by Crippen LogP contribution is 2.36. The molecule has 2 rings (SSSR count). The molecular weight excluding hydrogens is 188 g/mol. The van der Waals surface area contributed by atoms with E-state index >= 15 is 0 Å². The number of aromatic nitrogens is 1. The molecule has 0 spiro atoms. The first-order valence-electron chi connectivity index (χ1n) is 5.93. The van der Waals surface area contributed by atoms with Gasteiger partial charge in [-0.3, -0.25) is 0 Å². The summed E-state index contributed by atoms with van der Waals surface area (Å²) in [6.07, 6.45) is 6.70. The summed E-state index contributed by atoms with van der Waals surface area (Å²) in [5, 5.41) is 3.36. The monoisotopic (exact) mass is 208 g/mol.